The number of hydrogen-bond acceptors (Lipinski definition) is 6. The van der Waals surface area contributed by atoms with Gasteiger partial charge in [0.15, 0.2) is 6.10 Å². The topological polar surface area (TPSA) is 84.8 Å². The SMILES string of the molecule is Cc1ncc(-c2ccc(OCC3CCC3)cn2)c(N2CCC3CCCCC3C2)c1[C@H](OC(C)(C)C)C(=O)O. The fourth-order valence-electron chi connectivity index (χ4n) is 6.34. The Hall–Kier alpha value is -2.67. The zero-order chi connectivity index (χ0) is 26.9. The Morgan fingerprint density at radius 2 is 1.82 bits per heavy atom. The van der Waals surface area contributed by atoms with Crippen molar-refractivity contribution in [2.45, 2.75) is 90.8 Å². The maximum absolute atomic E-state index is 12.6. The second kappa shape index (κ2) is 11.2. The fourth-order valence-corrected chi connectivity index (χ4v) is 6.34. The molecule has 0 bridgehead atoms. The van der Waals surface area contributed by atoms with Crippen LogP contribution in [0.2, 0.25) is 0 Å². The highest BCUT2D eigenvalue weighted by Gasteiger charge is 2.37. The van der Waals surface area contributed by atoms with Crippen LogP contribution in [0.5, 0.6) is 5.75 Å². The van der Waals surface area contributed by atoms with Crippen molar-refractivity contribution < 1.29 is 19.4 Å². The zero-order valence-electron chi connectivity index (χ0n) is 23.4. The Balaban J connectivity index is 1.54. The first-order valence-electron chi connectivity index (χ1n) is 14.4. The normalized spacial score (nSPS) is 22.9. The fraction of sp³-hybridized carbons (Fsp3) is 0.645. The van der Waals surface area contributed by atoms with E-state index in [0.717, 1.165) is 54.7 Å². The number of ether oxygens (including phenoxy) is 2. The van der Waals surface area contributed by atoms with E-state index < -0.39 is 17.7 Å². The summed E-state index contributed by atoms with van der Waals surface area (Å²) >= 11 is 0. The number of rotatable bonds is 8. The smallest absolute Gasteiger partial charge is 0.337 e. The van der Waals surface area contributed by atoms with Crippen molar-refractivity contribution in [3.63, 3.8) is 0 Å². The summed E-state index contributed by atoms with van der Waals surface area (Å²) in [6.45, 7) is 10.1. The Morgan fingerprint density at radius 3 is 2.45 bits per heavy atom. The lowest BCUT2D eigenvalue weighted by molar-refractivity contribution is -0.160. The van der Waals surface area contributed by atoms with Crippen molar-refractivity contribution in [1.29, 1.82) is 0 Å². The van der Waals surface area contributed by atoms with E-state index in [2.05, 4.69) is 9.88 Å². The highest BCUT2D eigenvalue weighted by atomic mass is 16.5. The molecule has 2 aromatic rings. The lowest BCUT2D eigenvalue weighted by Crippen LogP contribution is -2.43. The predicted molar refractivity (Wildman–Crippen MR) is 149 cm³/mol. The van der Waals surface area contributed by atoms with Gasteiger partial charge in [0.1, 0.15) is 5.75 Å². The molecule has 1 saturated heterocycles. The monoisotopic (exact) mass is 521 g/mol. The number of piperidine rings is 1. The van der Waals surface area contributed by atoms with E-state index in [4.69, 9.17) is 14.5 Å². The first kappa shape index (κ1) is 26.9. The molecule has 3 atom stereocenters. The number of nitrogens with zero attached hydrogens (tertiary/aromatic N) is 3. The van der Waals surface area contributed by atoms with E-state index in [9.17, 15) is 9.90 Å². The van der Waals surface area contributed by atoms with E-state index >= 15 is 0 Å². The number of aromatic nitrogens is 2. The molecule has 3 aliphatic rings. The van der Waals surface area contributed by atoms with Crippen LogP contribution in [0, 0.1) is 24.7 Å². The van der Waals surface area contributed by atoms with Crippen LogP contribution < -0.4 is 9.64 Å². The van der Waals surface area contributed by atoms with Gasteiger partial charge in [-0.3, -0.25) is 9.97 Å². The number of carboxylic acids is 1. The molecule has 7 heteroatoms. The number of pyridine rings is 2. The Labute approximate surface area is 227 Å². The van der Waals surface area contributed by atoms with Gasteiger partial charge in [-0.2, -0.15) is 0 Å². The molecule has 206 valence electrons. The van der Waals surface area contributed by atoms with Crippen LogP contribution in [-0.4, -0.2) is 46.3 Å². The predicted octanol–water partition coefficient (Wildman–Crippen LogP) is 6.59. The van der Waals surface area contributed by atoms with Crippen molar-refractivity contribution >= 4 is 11.7 Å². The minimum Gasteiger partial charge on any atom is -0.492 e. The van der Waals surface area contributed by atoms with Crippen LogP contribution in [0.15, 0.2) is 24.5 Å². The molecule has 7 nitrogen and oxygen atoms in total. The molecule has 2 aromatic heterocycles. The maximum Gasteiger partial charge on any atom is 0.337 e. The molecule has 2 saturated carbocycles. The third-order valence-corrected chi connectivity index (χ3v) is 8.58. The highest BCUT2D eigenvalue weighted by Crippen LogP contribution is 2.44. The summed E-state index contributed by atoms with van der Waals surface area (Å²) in [7, 11) is 0. The molecule has 0 radical (unpaired) electrons. The summed E-state index contributed by atoms with van der Waals surface area (Å²) in [5, 5.41) is 10.3. The number of aryl methyl sites for hydroxylation is 1. The van der Waals surface area contributed by atoms with Gasteiger partial charge in [0, 0.05) is 36.1 Å². The zero-order valence-corrected chi connectivity index (χ0v) is 23.4. The van der Waals surface area contributed by atoms with Crippen molar-refractivity contribution in [1.82, 2.24) is 9.97 Å². The molecule has 3 fully saturated rings. The summed E-state index contributed by atoms with van der Waals surface area (Å²) < 4.78 is 12.2. The minimum atomic E-state index is -1.12. The Morgan fingerprint density at radius 1 is 1.05 bits per heavy atom. The molecule has 38 heavy (non-hydrogen) atoms. The average Bonchev–Trinajstić information content (AvgIpc) is 2.86. The van der Waals surface area contributed by atoms with Crippen LogP contribution in [0.4, 0.5) is 5.69 Å². The summed E-state index contributed by atoms with van der Waals surface area (Å²) in [5.74, 6) is 1.83. The van der Waals surface area contributed by atoms with Gasteiger partial charge >= 0.3 is 5.97 Å². The van der Waals surface area contributed by atoms with Crippen LogP contribution >= 0.6 is 0 Å². The van der Waals surface area contributed by atoms with Gasteiger partial charge in [0.2, 0.25) is 0 Å². The molecular weight excluding hydrogens is 478 g/mol. The van der Waals surface area contributed by atoms with Gasteiger partial charge in [0.25, 0.3) is 0 Å². The van der Waals surface area contributed by atoms with E-state index in [0.29, 0.717) is 23.1 Å². The molecule has 2 aliphatic carbocycles. The molecule has 0 spiro atoms. The standard InChI is InChI=1S/C31H43N3O4/c1-20-27(29(30(35)36)38-31(2,3)4)28(34-15-14-22-10-5-6-11-23(22)18-34)25(17-32-20)26-13-12-24(16-33-26)37-19-21-8-7-9-21/h12-13,16-17,21-23,29H,5-11,14-15,18-19H2,1-4H3,(H,35,36)/t22?,23?,29-/m0/s1. The van der Waals surface area contributed by atoms with Crippen LogP contribution in [0.3, 0.4) is 0 Å². The van der Waals surface area contributed by atoms with Crippen LogP contribution in [0.1, 0.15) is 89.5 Å². The van der Waals surface area contributed by atoms with Gasteiger partial charge in [-0.1, -0.05) is 25.7 Å². The Kier molecular flexibility index (Phi) is 7.94. The van der Waals surface area contributed by atoms with E-state index in [1.807, 2.05) is 46.0 Å². The number of carbonyl (C=O) groups is 1. The van der Waals surface area contributed by atoms with Crippen molar-refractivity contribution in [3.8, 4) is 17.0 Å². The molecule has 0 aromatic carbocycles. The van der Waals surface area contributed by atoms with Crippen molar-refractivity contribution in [2.75, 3.05) is 24.6 Å². The van der Waals surface area contributed by atoms with Gasteiger partial charge in [-0.15, -0.1) is 0 Å². The van der Waals surface area contributed by atoms with E-state index in [-0.39, 0.29) is 0 Å². The maximum atomic E-state index is 12.6. The first-order chi connectivity index (χ1) is 18.2. The van der Waals surface area contributed by atoms with Crippen molar-refractivity contribution in [2.24, 2.45) is 17.8 Å². The van der Waals surface area contributed by atoms with Crippen LogP contribution in [-0.2, 0) is 9.53 Å². The quantitative estimate of drug-likeness (QED) is 0.419. The van der Waals surface area contributed by atoms with E-state index in [1.54, 1.807) is 6.20 Å². The molecule has 2 unspecified atom stereocenters. The average molecular weight is 522 g/mol. The highest BCUT2D eigenvalue weighted by molar-refractivity contribution is 5.85. The van der Waals surface area contributed by atoms with Gasteiger partial charge in [-0.05, 0) is 83.3 Å². The molecule has 0 amide bonds. The lowest BCUT2D eigenvalue weighted by atomic mass is 9.75. The lowest BCUT2D eigenvalue weighted by Gasteiger charge is -2.44. The largest absolute Gasteiger partial charge is 0.492 e. The number of fused-ring (bicyclic) bond motifs is 1. The number of carboxylic acid groups (broad SMARTS) is 1. The van der Waals surface area contributed by atoms with Gasteiger partial charge in [-0.25, -0.2) is 4.79 Å². The number of anilines is 1. The van der Waals surface area contributed by atoms with E-state index in [1.165, 1.54) is 44.9 Å². The Bertz CT molecular complexity index is 1120. The number of hydrogen-bond donors (Lipinski definition) is 1. The van der Waals surface area contributed by atoms with Gasteiger partial charge in [0.05, 0.1) is 29.8 Å². The van der Waals surface area contributed by atoms with Crippen LogP contribution in [0.25, 0.3) is 11.3 Å². The molecule has 1 aliphatic heterocycles. The summed E-state index contributed by atoms with van der Waals surface area (Å²) in [6, 6.07) is 3.95. The first-order valence-corrected chi connectivity index (χ1v) is 14.4. The van der Waals surface area contributed by atoms with Gasteiger partial charge < -0.3 is 19.5 Å². The second-order valence-electron chi connectivity index (χ2n) is 12.5. The molecule has 3 heterocycles. The summed E-state index contributed by atoms with van der Waals surface area (Å²) in [4.78, 5) is 24.5. The van der Waals surface area contributed by atoms with Crippen molar-refractivity contribution in [3.05, 3.63) is 35.8 Å². The number of aliphatic carboxylic acids is 1. The molecular formula is C31H43N3O4. The third-order valence-electron chi connectivity index (χ3n) is 8.58. The minimum absolute atomic E-state index is 0.628. The summed E-state index contributed by atoms with van der Waals surface area (Å²) in [5.41, 5.74) is 3.24. The third kappa shape index (κ3) is 5.98. The second-order valence-corrected chi connectivity index (χ2v) is 12.5. The summed E-state index contributed by atoms with van der Waals surface area (Å²) in [6.07, 6.45) is 12.6. The molecule has 1 N–H and O–H groups in total. The molecule has 5 rings (SSSR count).